The van der Waals surface area contributed by atoms with Crippen LogP contribution in [-0.4, -0.2) is 0 Å². The van der Waals surface area contributed by atoms with Crippen molar-refractivity contribution in [1.29, 1.82) is 0 Å². The summed E-state index contributed by atoms with van der Waals surface area (Å²) < 4.78 is 0. The molecule has 0 saturated carbocycles. The summed E-state index contributed by atoms with van der Waals surface area (Å²) in [6.07, 6.45) is 0. The summed E-state index contributed by atoms with van der Waals surface area (Å²) in [6, 6.07) is 14.1. The van der Waals surface area contributed by atoms with Crippen LogP contribution in [0.5, 0.6) is 0 Å². The maximum absolute atomic E-state index is 6.00. The number of nitrogens with two attached hydrogens (primary N) is 1. The van der Waals surface area contributed by atoms with Crippen LogP contribution in [0.15, 0.2) is 47.4 Å². The summed E-state index contributed by atoms with van der Waals surface area (Å²) >= 11 is 7.26. The van der Waals surface area contributed by atoms with Crippen molar-refractivity contribution < 1.29 is 0 Å². The molecule has 96 valence electrons. The molecule has 2 aromatic rings. The maximum Gasteiger partial charge on any atom is 0.0412 e. The number of halogens is 1. The molecule has 3 heteroatoms. The highest BCUT2D eigenvalue weighted by Gasteiger charge is 2.02. The van der Waals surface area contributed by atoms with E-state index >= 15 is 0 Å². The van der Waals surface area contributed by atoms with Gasteiger partial charge in [-0.1, -0.05) is 43.6 Å². The minimum atomic E-state index is 0.762. The first-order chi connectivity index (χ1) is 8.70. The predicted molar refractivity (Wildman–Crippen MR) is 83.0 cm³/mol. The molecule has 18 heavy (non-hydrogen) atoms. The number of rotatable bonds is 2. The maximum atomic E-state index is 6.00. The normalized spacial score (nSPS) is 9.61. The Morgan fingerprint density at radius 2 is 1.61 bits per heavy atom. The van der Waals surface area contributed by atoms with E-state index in [-0.39, 0.29) is 0 Å². The van der Waals surface area contributed by atoms with Crippen molar-refractivity contribution in [2.24, 2.45) is 5.14 Å². The lowest BCUT2D eigenvalue weighted by Gasteiger charge is -2.07. The van der Waals surface area contributed by atoms with E-state index in [9.17, 15) is 0 Å². The summed E-state index contributed by atoms with van der Waals surface area (Å²) in [5.74, 6) is 0. The van der Waals surface area contributed by atoms with Gasteiger partial charge in [0.2, 0.25) is 0 Å². The molecule has 0 fully saturated rings. The molecule has 0 bridgehead atoms. The predicted octanol–water partition coefficient (Wildman–Crippen LogP) is 5.31. The molecule has 0 spiro atoms. The van der Waals surface area contributed by atoms with Crippen molar-refractivity contribution in [3.8, 4) is 11.1 Å². The first-order valence-electron chi connectivity index (χ1n) is 5.94. The Kier molecular flexibility index (Phi) is 6.27. The Morgan fingerprint density at radius 1 is 1.00 bits per heavy atom. The zero-order valence-corrected chi connectivity index (χ0v) is 12.5. The fraction of sp³-hybridized carbons (Fsp3) is 0.200. The first-order valence-corrected chi connectivity index (χ1v) is 7.20. The molecule has 0 aliphatic rings. The molecule has 0 aliphatic heterocycles. The Hall–Kier alpha value is -0.960. The lowest BCUT2D eigenvalue weighted by Crippen LogP contribution is -1.84. The fourth-order valence-electron chi connectivity index (χ4n) is 1.62. The molecule has 2 N–H and O–H groups in total. The van der Waals surface area contributed by atoms with Crippen molar-refractivity contribution in [3.63, 3.8) is 0 Å². The van der Waals surface area contributed by atoms with Crippen LogP contribution in [0.3, 0.4) is 0 Å². The second-order valence-electron chi connectivity index (χ2n) is 3.60. The monoisotopic (exact) mass is 279 g/mol. The van der Waals surface area contributed by atoms with Gasteiger partial charge in [0.15, 0.2) is 0 Å². The highest BCUT2D eigenvalue weighted by Crippen LogP contribution is 2.27. The van der Waals surface area contributed by atoms with E-state index in [1.165, 1.54) is 23.1 Å². The van der Waals surface area contributed by atoms with E-state index in [4.69, 9.17) is 16.7 Å². The molecule has 2 rings (SSSR count). The van der Waals surface area contributed by atoms with Gasteiger partial charge in [0.25, 0.3) is 0 Å². The average Bonchev–Trinajstić information content (AvgIpc) is 2.44. The Morgan fingerprint density at radius 3 is 2.17 bits per heavy atom. The van der Waals surface area contributed by atoms with Crippen molar-refractivity contribution in [2.75, 3.05) is 0 Å². The largest absolute Gasteiger partial charge is 0.274 e. The molecule has 0 amide bonds. The number of hydrogen-bond donors (Lipinski definition) is 1. The number of aryl methyl sites for hydroxylation is 1. The minimum Gasteiger partial charge on any atom is -0.274 e. The van der Waals surface area contributed by atoms with Crippen LogP contribution in [0, 0.1) is 6.92 Å². The second kappa shape index (κ2) is 7.47. The lowest BCUT2D eigenvalue weighted by atomic mass is 10.0. The van der Waals surface area contributed by atoms with E-state index in [1.807, 2.05) is 44.2 Å². The van der Waals surface area contributed by atoms with Gasteiger partial charge in [-0.25, -0.2) is 0 Å². The van der Waals surface area contributed by atoms with Crippen LogP contribution < -0.4 is 5.14 Å². The van der Waals surface area contributed by atoms with Crippen LogP contribution in [0.25, 0.3) is 11.1 Å². The van der Waals surface area contributed by atoms with Crippen LogP contribution in [0.1, 0.15) is 19.4 Å². The van der Waals surface area contributed by atoms with Gasteiger partial charge < -0.3 is 0 Å². The topological polar surface area (TPSA) is 26.0 Å². The van der Waals surface area contributed by atoms with Crippen molar-refractivity contribution in [1.82, 2.24) is 0 Å². The quantitative estimate of drug-likeness (QED) is 0.754. The molecular weight excluding hydrogens is 262 g/mol. The smallest absolute Gasteiger partial charge is 0.0412 e. The molecule has 2 aromatic carbocycles. The zero-order valence-electron chi connectivity index (χ0n) is 10.9. The van der Waals surface area contributed by atoms with Crippen LogP contribution >= 0.6 is 23.5 Å². The van der Waals surface area contributed by atoms with Crippen molar-refractivity contribution in [3.05, 3.63) is 53.1 Å². The van der Waals surface area contributed by atoms with Gasteiger partial charge in [0.1, 0.15) is 0 Å². The summed E-state index contributed by atoms with van der Waals surface area (Å²) in [6.45, 7) is 6.08. The van der Waals surface area contributed by atoms with Crippen molar-refractivity contribution in [2.45, 2.75) is 25.7 Å². The first kappa shape index (κ1) is 15.1. The van der Waals surface area contributed by atoms with Crippen LogP contribution in [0.4, 0.5) is 0 Å². The van der Waals surface area contributed by atoms with E-state index < -0.39 is 0 Å². The Labute approximate surface area is 118 Å². The van der Waals surface area contributed by atoms with Gasteiger partial charge in [-0.15, -0.1) is 0 Å². The molecule has 0 heterocycles. The van der Waals surface area contributed by atoms with E-state index in [0.29, 0.717) is 0 Å². The fourth-order valence-corrected chi connectivity index (χ4v) is 2.08. The second-order valence-corrected chi connectivity index (χ2v) is 4.75. The SMILES string of the molecule is CC.Cc1ccc(Cl)cc1-c1ccc(SN)cc1. The Bertz CT molecular complexity index is 494. The van der Waals surface area contributed by atoms with Gasteiger partial charge >= 0.3 is 0 Å². The van der Waals surface area contributed by atoms with Crippen molar-refractivity contribution >= 4 is 23.5 Å². The molecular formula is C15H18ClNS. The standard InChI is InChI=1S/C13H12ClNS.C2H6/c1-9-2-5-11(14)8-13(9)10-3-6-12(16-15)7-4-10;1-2/h2-8H,15H2,1H3;1-2H3. The average molecular weight is 280 g/mol. The summed E-state index contributed by atoms with van der Waals surface area (Å²) in [7, 11) is 0. The van der Waals surface area contributed by atoms with E-state index in [0.717, 1.165) is 15.5 Å². The van der Waals surface area contributed by atoms with E-state index in [2.05, 4.69) is 19.1 Å². The van der Waals surface area contributed by atoms with Gasteiger partial charge in [0, 0.05) is 9.92 Å². The lowest BCUT2D eigenvalue weighted by molar-refractivity contribution is 1.42. The zero-order chi connectivity index (χ0) is 13.5. The van der Waals surface area contributed by atoms with Gasteiger partial charge in [-0.2, -0.15) is 0 Å². The Balaban J connectivity index is 0.000000771. The molecule has 0 unspecified atom stereocenters. The molecule has 0 atom stereocenters. The summed E-state index contributed by atoms with van der Waals surface area (Å²) in [5.41, 5.74) is 3.55. The third kappa shape index (κ3) is 3.77. The molecule has 0 radical (unpaired) electrons. The molecule has 0 aromatic heterocycles. The molecule has 0 saturated heterocycles. The van der Waals surface area contributed by atoms with Gasteiger partial charge in [-0.3, -0.25) is 5.14 Å². The third-order valence-corrected chi connectivity index (χ3v) is 3.28. The summed E-state index contributed by atoms with van der Waals surface area (Å²) in [4.78, 5) is 1.06. The highest BCUT2D eigenvalue weighted by atomic mass is 35.5. The highest BCUT2D eigenvalue weighted by molar-refractivity contribution is 7.97. The molecule has 0 aliphatic carbocycles. The minimum absolute atomic E-state index is 0.762. The van der Waals surface area contributed by atoms with Gasteiger partial charge in [-0.05, 0) is 59.8 Å². The van der Waals surface area contributed by atoms with E-state index in [1.54, 1.807) is 0 Å². The number of benzene rings is 2. The van der Waals surface area contributed by atoms with Crippen LogP contribution in [0.2, 0.25) is 5.02 Å². The third-order valence-electron chi connectivity index (χ3n) is 2.50. The number of hydrogen-bond acceptors (Lipinski definition) is 2. The van der Waals surface area contributed by atoms with Gasteiger partial charge in [0.05, 0.1) is 0 Å². The molecule has 1 nitrogen and oxygen atoms in total. The summed E-state index contributed by atoms with van der Waals surface area (Å²) in [5, 5.41) is 6.25. The van der Waals surface area contributed by atoms with Crippen LogP contribution in [-0.2, 0) is 0 Å².